The van der Waals surface area contributed by atoms with Gasteiger partial charge in [-0.3, -0.25) is 4.98 Å². The number of rotatable bonds is 19. The Balaban J connectivity index is 1.39. The molecule has 0 aliphatic heterocycles. The van der Waals surface area contributed by atoms with Crippen LogP contribution in [0.5, 0.6) is 11.5 Å². The van der Waals surface area contributed by atoms with E-state index in [4.69, 9.17) is 18.9 Å². The lowest BCUT2D eigenvalue weighted by atomic mass is 10.1. The zero-order valence-electron chi connectivity index (χ0n) is 26.1. The topological polar surface area (TPSA) is 114 Å². The number of aromatic nitrogens is 2. The molecule has 0 aliphatic rings. The van der Waals surface area contributed by atoms with Crippen LogP contribution < -0.4 is 9.47 Å². The van der Waals surface area contributed by atoms with Crippen LogP contribution in [0.3, 0.4) is 0 Å². The SMILES string of the molecule is CCCCCCCCCCCCOc1ccc(-c2cnc(C(=O)Oc3ccc(C(=O)O[C@@H](C)C(=O)OCC)cc3)cn2)cc1. The molecule has 0 N–H and O–H groups in total. The van der Waals surface area contributed by atoms with Gasteiger partial charge in [0, 0.05) is 5.56 Å². The van der Waals surface area contributed by atoms with Crippen LogP contribution in [0.1, 0.15) is 106 Å². The first-order valence-electron chi connectivity index (χ1n) is 15.7. The van der Waals surface area contributed by atoms with E-state index in [9.17, 15) is 14.4 Å². The first-order valence-corrected chi connectivity index (χ1v) is 15.7. The lowest BCUT2D eigenvalue weighted by Gasteiger charge is -2.12. The summed E-state index contributed by atoms with van der Waals surface area (Å²) in [7, 11) is 0. The highest BCUT2D eigenvalue weighted by molar-refractivity contribution is 5.92. The summed E-state index contributed by atoms with van der Waals surface area (Å²) in [5.41, 5.74) is 1.70. The van der Waals surface area contributed by atoms with Crippen molar-refractivity contribution in [1.82, 2.24) is 9.97 Å². The second kappa shape index (κ2) is 19.1. The molecular formula is C35H44N2O7. The molecule has 0 unspecified atom stereocenters. The van der Waals surface area contributed by atoms with E-state index < -0.39 is 24.0 Å². The molecule has 2 aromatic carbocycles. The second-order valence-corrected chi connectivity index (χ2v) is 10.6. The number of hydrogen-bond donors (Lipinski definition) is 0. The number of unbranched alkanes of at least 4 members (excludes halogenated alkanes) is 9. The van der Waals surface area contributed by atoms with Crippen molar-refractivity contribution in [2.24, 2.45) is 0 Å². The third kappa shape index (κ3) is 11.8. The van der Waals surface area contributed by atoms with Crippen LogP contribution in [0, 0.1) is 0 Å². The third-order valence-electron chi connectivity index (χ3n) is 6.98. The van der Waals surface area contributed by atoms with Crippen molar-refractivity contribution in [3.63, 3.8) is 0 Å². The highest BCUT2D eigenvalue weighted by Gasteiger charge is 2.20. The Hall–Kier alpha value is -4.27. The van der Waals surface area contributed by atoms with Crippen LogP contribution >= 0.6 is 0 Å². The molecular weight excluding hydrogens is 560 g/mol. The molecule has 1 atom stereocenters. The Kier molecular flexibility index (Phi) is 14.9. The Morgan fingerprint density at radius 3 is 1.91 bits per heavy atom. The maximum Gasteiger partial charge on any atom is 0.363 e. The summed E-state index contributed by atoms with van der Waals surface area (Å²) >= 11 is 0. The summed E-state index contributed by atoms with van der Waals surface area (Å²) < 4.78 is 21.2. The lowest BCUT2D eigenvalue weighted by Crippen LogP contribution is -2.26. The lowest BCUT2D eigenvalue weighted by molar-refractivity contribution is -0.152. The molecule has 0 saturated carbocycles. The van der Waals surface area contributed by atoms with Gasteiger partial charge in [0.25, 0.3) is 0 Å². The predicted octanol–water partition coefficient (Wildman–Crippen LogP) is 7.77. The number of nitrogens with zero attached hydrogens (tertiary/aromatic N) is 2. The third-order valence-corrected chi connectivity index (χ3v) is 6.98. The molecule has 0 aliphatic carbocycles. The van der Waals surface area contributed by atoms with Gasteiger partial charge in [0.2, 0.25) is 0 Å². The average molecular weight is 605 g/mol. The molecule has 1 heterocycles. The number of hydrogen-bond acceptors (Lipinski definition) is 9. The number of esters is 3. The molecule has 1 aromatic heterocycles. The average Bonchev–Trinajstić information content (AvgIpc) is 3.04. The van der Waals surface area contributed by atoms with Crippen molar-refractivity contribution in [3.05, 3.63) is 72.2 Å². The Morgan fingerprint density at radius 2 is 1.32 bits per heavy atom. The van der Waals surface area contributed by atoms with Gasteiger partial charge in [-0.2, -0.15) is 0 Å². The molecule has 9 heteroatoms. The summed E-state index contributed by atoms with van der Waals surface area (Å²) in [6.45, 7) is 6.24. The second-order valence-electron chi connectivity index (χ2n) is 10.6. The minimum atomic E-state index is -1.04. The van der Waals surface area contributed by atoms with Gasteiger partial charge in [-0.25, -0.2) is 19.4 Å². The van der Waals surface area contributed by atoms with Gasteiger partial charge in [-0.05, 0) is 68.8 Å². The monoisotopic (exact) mass is 604 g/mol. The number of ether oxygens (including phenoxy) is 4. The molecule has 3 aromatic rings. The van der Waals surface area contributed by atoms with E-state index in [-0.39, 0.29) is 23.6 Å². The standard InChI is InChI=1S/C35H44N2O7/c1-4-6-7-8-9-10-11-12-13-14-23-42-29-19-15-27(16-20-29)31-24-37-32(25-36-31)35(40)44-30-21-17-28(18-22-30)34(39)43-26(3)33(38)41-5-2/h15-22,24-26H,4-14,23H2,1-3H3/t26-/m0/s1. The van der Waals surface area contributed by atoms with Crippen molar-refractivity contribution < 1.29 is 33.3 Å². The fourth-order valence-electron chi connectivity index (χ4n) is 4.44. The van der Waals surface area contributed by atoms with Crippen molar-refractivity contribution in [3.8, 4) is 22.8 Å². The fourth-order valence-corrected chi connectivity index (χ4v) is 4.44. The highest BCUT2D eigenvalue weighted by atomic mass is 16.6. The molecule has 0 radical (unpaired) electrons. The van der Waals surface area contributed by atoms with Gasteiger partial charge >= 0.3 is 17.9 Å². The number of carbonyl (C=O) groups excluding carboxylic acids is 3. The molecule has 0 amide bonds. The summed E-state index contributed by atoms with van der Waals surface area (Å²) in [6.07, 6.45) is 14.7. The first-order chi connectivity index (χ1) is 21.4. The summed E-state index contributed by atoms with van der Waals surface area (Å²) in [4.78, 5) is 45.1. The Bertz CT molecular complexity index is 1290. The summed E-state index contributed by atoms with van der Waals surface area (Å²) in [5.74, 6) is -0.987. The van der Waals surface area contributed by atoms with E-state index in [0.29, 0.717) is 12.3 Å². The van der Waals surface area contributed by atoms with Gasteiger partial charge in [-0.15, -0.1) is 0 Å². The molecule has 9 nitrogen and oxygen atoms in total. The predicted molar refractivity (Wildman–Crippen MR) is 168 cm³/mol. The summed E-state index contributed by atoms with van der Waals surface area (Å²) in [6, 6.07) is 13.4. The largest absolute Gasteiger partial charge is 0.494 e. The van der Waals surface area contributed by atoms with Crippen LogP contribution in [0.4, 0.5) is 0 Å². The van der Waals surface area contributed by atoms with Crippen LogP contribution in [-0.2, 0) is 14.3 Å². The van der Waals surface area contributed by atoms with Crippen LogP contribution in [0.2, 0.25) is 0 Å². The number of benzene rings is 2. The maximum atomic E-state index is 12.6. The van der Waals surface area contributed by atoms with E-state index in [1.54, 1.807) is 6.92 Å². The molecule has 0 bridgehead atoms. The maximum absolute atomic E-state index is 12.6. The van der Waals surface area contributed by atoms with Gasteiger partial charge in [0.15, 0.2) is 11.8 Å². The smallest absolute Gasteiger partial charge is 0.363 e. The van der Waals surface area contributed by atoms with Crippen LogP contribution in [0.15, 0.2) is 60.9 Å². The zero-order valence-corrected chi connectivity index (χ0v) is 26.1. The van der Waals surface area contributed by atoms with Gasteiger partial charge < -0.3 is 18.9 Å². The van der Waals surface area contributed by atoms with E-state index in [1.165, 1.54) is 101 Å². The summed E-state index contributed by atoms with van der Waals surface area (Å²) in [5, 5.41) is 0. The minimum absolute atomic E-state index is 0.0388. The molecule has 0 saturated heterocycles. The highest BCUT2D eigenvalue weighted by Crippen LogP contribution is 2.21. The zero-order chi connectivity index (χ0) is 31.6. The van der Waals surface area contributed by atoms with Crippen molar-refractivity contribution in [2.75, 3.05) is 13.2 Å². The van der Waals surface area contributed by atoms with Gasteiger partial charge in [-0.1, -0.05) is 64.7 Å². The van der Waals surface area contributed by atoms with Crippen LogP contribution in [0.25, 0.3) is 11.3 Å². The molecule has 3 rings (SSSR count). The Morgan fingerprint density at radius 1 is 0.705 bits per heavy atom. The Labute approximate surface area is 260 Å². The van der Waals surface area contributed by atoms with Crippen molar-refractivity contribution >= 4 is 17.9 Å². The number of carbonyl (C=O) groups is 3. The van der Waals surface area contributed by atoms with E-state index in [1.807, 2.05) is 24.3 Å². The normalized spacial score (nSPS) is 11.4. The minimum Gasteiger partial charge on any atom is -0.494 e. The molecule has 0 spiro atoms. The molecule has 44 heavy (non-hydrogen) atoms. The van der Waals surface area contributed by atoms with Crippen molar-refractivity contribution in [2.45, 2.75) is 91.1 Å². The fraction of sp³-hybridized carbons (Fsp3) is 0.457. The molecule has 0 fully saturated rings. The van der Waals surface area contributed by atoms with E-state index in [0.717, 1.165) is 17.7 Å². The first kappa shape index (κ1) is 34.2. The van der Waals surface area contributed by atoms with E-state index >= 15 is 0 Å². The van der Waals surface area contributed by atoms with E-state index in [2.05, 4.69) is 16.9 Å². The molecule has 236 valence electrons. The van der Waals surface area contributed by atoms with Crippen molar-refractivity contribution in [1.29, 1.82) is 0 Å². The van der Waals surface area contributed by atoms with Gasteiger partial charge in [0.1, 0.15) is 11.5 Å². The van der Waals surface area contributed by atoms with Gasteiger partial charge in [0.05, 0.1) is 36.9 Å². The van der Waals surface area contributed by atoms with Crippen LogP contribution in [-0.4, -0.2) is 47.2 Å². The quantitative estimate of drug-likeness (QED) is 0.0769.